The summed E-state index contributed by atoms with van der Waals surface area (Å²) < 4.78 is 6.96. The van der Waals surface area contributed by atoms with E-state index < -0.39 is 0 Å². The lowest BCUT2D eigenvalue weighted by molar-refractivity contribution is 0.304. The summed E-state index contributed by atoms with van der Waals surface area (Å²) in [5.74, 6) is 0.467. The Balaban J connectivity index is 1.70. The molecule has 8 heteroatoms. The molecule has 4 rings (SSSR count). The first-order valence-corrected chi connectivity index (χ1v) is 8.54. The van der Waals surface area contributed by atoms with Crippen molar-refractivity contribution in [3.8, 4) is 5.75 Å². The standard InChI is InChI=1S/C16H9Cl2N3O2S/c17-9-5-6-11(18)13(7-9)23-8-14-20-21-15(22)10-3-1-2-4-12(10)19-16(21)24-14/h1-7H,8H2. The average Bonchev–Trinajstić information content (AvgIpc) is 2.99. The smallest absolute Gasteiger partial charge is 0.283 e. The molecule has 0 aliphatic rings. The van der Waals surface area contributed by atoms with Crippen molar-refractivity contribution >= 4 is 50.4 Å². The summed E-state index contributed by atoms with van der Waals surface area (Å²) in [6.45, 7) is 0.171. The van der Waals surface area contributed by atoms with Gasteiger partial charge in [0.2, 0.25) is 4.96 Å². The highest BCUT2D eigenvalue weighted by molar-refractivity contribution is 7.16. The maximum Gasteiger partial charge on any atom is 0.283 e. The van der Waals surface area contributed by atoms with Crippen molar-refractivity contribution < 1.29 is 4.74 Å². The molecule has 0 saturated carbocycles. The van der Waals surface area contributed by atoms with Crippen LogP contribution < -0.4 is 10.3 Å². The Hall–Kier alpha value is -2.15. The topological polar surface area (TPSA) is 56.5 Å². The monoisotopic (exact) mass is 377 g/mol. The third kappa shape index (κ3) is 2.73. The maximum atomic E-state index is 12.5. The fourth-order valence-corrected chi connectivity index (χ4v) is 3.42. The van der Waals surface area contributed by atoms with E-state index in [0.29, 0.717) is 36.7 Å². The summed E-state index contributed by atoms with van der Waals surface area (Å²) in [6.07, 6.45) is 0. The van der Waals surface area contributed by atoms with Crippen LogP contribution in [0.15, 0.2) is 47.3 Å². The highest BCUT2D eigenvalue weighted by Crippen LogP contribution is 2.28. The van der Waals surface area contributed by atoms with Crippen molar-refractivity contribution in [2.45, 2.75) is 6.61 Å². The van der Waals surface area contributed by atoms with Crippen LogP contribution in [0.25, 0.3) is 15.9 Å². The van der Waals surface area contributed by atoms with Crippen LogP contribution in [0.2, 0.25) is 10.0 Å². The Labute approximate surface area is 150 Å². The minimum Gasteiger partial charge on any atom is -0.485 e. The van der Waals surface area contributed by atoms with Gasteiger partial charge in [0.1, 0.15) is 12.4 Å². The molecule has 0 radical (unpaired) electrons. The lowest BCUT2D eigenvalue weighted by atomic mass is 10.2. The normalized spacial score (nSPS) is 11.2. The first-order valence-electron chi connectivity index (χ1n) is 6.97. The molecule has 2 heterocycles. The molecule has 0 saturated heterocycles. The van der Waals surface area contributed by atoms with Crippen molar-refractivity contribution in [2.75, 3.05) is 0 Å². The van der Waals surface area contributed by atoms with Gasteiger partial charge in [-0.2, -0.15) is 9.61 Å². The maximum absolute atomic E-state index is 12.5. The second kappa shape index (κ2) is 6.05. The average molecular weight is 378 g/mol. The van der Waals surface area contributed by atoms with Gasteiger partial charge in [0.15, 0.2) is 5.01 Å². The van der Waals surface area contributed by atoms with E-state index in [1.807, 2.05) is 6.07 Å². The highest BCUT2D eigenvalue weighted by atomic mass is 35.5. The van der Waals surface area contributed by atoms with E-state index in [1.54, 1.807) is 36.4 Å². The van der Waals surface area contributed by atoms with E-state index >= 15 is 0 Å². The molecule has 0 atom stereocenters. The number of halogens is 2. The Morgan fingerprint density at radius 3 is 2.88 bits per heavy atom. The Kier molecular flexibility index (Phi) is 3.88. The molecule has 2 aromatic carbocycles. The highest BCUT2D eigenvalue weighted by Gasteiger charge is 2.12. The minimum atomic E-state index is -0.195. The van der Waals surface area contributed by atoms with Gasteiger partial charge in [-0.1, -0.05) is 46.7 Å². The van der Waals surface area contributed by atoms with Crippen molar-refractivity contribution in [1.82, 2.24) is 14.6 Å². The van der Waals surface area contributed by atoms with Crippen LogP contribution in [0, 0.1) is 0 Å². The molecule has 5 nitrogen and oxygen atoms in total. The molecule has 0 spiro atoms. The van der Waals surface area contributed by atoms with Gasteiger partial charge in [-0.3, -0.25) is 4.79 Å². The van der Waals surface area contributed by atoms with Crippen LogP contribution in [0.5, 0.6) is 5.75 Å². The number of benzene rings is 2. The first-order chi connectivity index (χ1) is 11.6. The molecule has 0 unspecified atom stereocenters. The second-order valence-electron chi connectivity index (χ2n) is 4.99. The lowest BCUT2D eigenvalue weighted by Gasteiger charge is -2.05. The van der Waals surface area contributed by atoms with Crippen molar-refractivity contribution in [1.29, 1.82) is 0 Å². The van der Waals surface area contributed by atoms with Gasteiger partial charge in [0, 0.05) is 11.1 Å². The number of ether oxygens (including phenoxy) is 1. The lowest BCUT2D eigenvalue weighted by Crippen LogP contribution is -2.15. The largest absolute Gasteiger partial charge is 0.485 e. The van der Waals surface area contributed by atoms with Gasteiger partial charge in [-0.25, -0.2) is 4.98 Å². The molecule has 0 amide bonds. The zero-order chi connectivity index (χ0) is 16.7. The predicted octanol–water partition coefficient (Wildman–Crippen LogP) is 4.19. The van der Waals surface area contributed by atoms with Gasteiger partial charge in [0.05, 0.1) is 15.9 Å². The zero-order valence-corrected chi connectivity index (χ0v) is 14.4. The van der Waals surface area contributed by atoms with Gasteiger partial charge < -0.3 is 4.74 Å². The van der Waals surface area contributed by atoms with Crippen LogP contribution in [0.4, 0.5) is 0 Å². The van der Waals surface area contributed by atoms with E-state index in [9.17, 15) is 4.79 Å². The van der Waals surface area contributed by atoms with Crippen molar-refractivity contribution in [3.05, 3.63) is 67.9 Å². The molecule has 0 aliphatic carbocycles. The summed E-state index contributed by atoms with van der Waals surface area (Å²) >= 11 is 13.3. The fraction of sp³-hybridized carbons (Fsp3) is 0.0625. The molecule has 120 valence electrons. The van der Waals surface area contributed by atoms with Crippen LogP contribution in [-0.2, 0) is 6.61 Å². The molecule has 0 aliphatic heterocycles. The van der Waals surface area contributed by atoms with Gasteiger partial charge >= 0.3 is 0 Å². The van der Waals surface area contributed by atoms with Crippen LogP contribution in [0.1, 0.15) is 5.01 Å². The van der Waals surface area contributed by atoms with E-state index in [2.05, 4.69) is 10.1 Å². The van der Waals surface area contributed by atoms with Crippen molar-refractivity contribution in [3.63, 3.8) is 0 Å². The third-order valence-electron chi connectivity index (χ3n) is 3.39. The van der Waals surface area contributed by atoms with Gasteiger partial charge in [0.25, 0.3) is 5.56 Å². The summed E-state index contributed by atoms with van der Waals surface area (Å²) in [7, 11) is 0. The number of para-hydroxylation sites is 1. The molecule has 0 bridgehead atoms. The predicted molar refractivity (Wildman–Crippen MR) is 95.4 cm³/mol. The first kappa shape index (κ1) is 15.4. The summed E-state index contributed by atoms with van der Waals surface area (Å²) in [5, 5.41) is 6.43. The summed E-state index contributed by atoms with van der Waals surface area (Å²) in [5.41, 5.74) is 0.454. The molecule has 0 fully saturated rings. The second-order valence-corrected chi connectivity index (χ2v) is 6.87. The zero-order valence-electron chi connectivity index (χ0n) is 12.1. The summed E-state index contributed by atoms with van der Waals surface area (Å²) in [6, 6.07) is 12.2. The molecule has 2 aromatic heterocycles. The van der Waals surface area contributed by atoms with Crippen LogP contribution >= 0.6 is 34.5 Å². The SMILES string of the molecule is O=c1c2ccccc2nc2sc(COc3cc(Cl)ccc3Cl)nn12. The molecular weight excluding hydrogens is 369 g/mol. The molecule has 4 aromatic rings. The number of hydrogen-bond donors (Lipinski definition) is 0. The van der Waals surface area contributed by atoms with Gasteiger partial charge in [-0.15, -0.1) is 0 Å². The van der Waals surface area contributed by atoms with E-state index in [4.69, 9.17) is 27.9 Å². The number of rotatable bonds is 3. The number of fused-ring (bicyclic) bond motifs is 2. The third-order valence-corrected chi connectivity index (χ3v) is 4.82. The Bertz CT molecular complexity index is 1120. The van der Waals surface area contributed by atoms with Gasteiger partial charge in [-0.05, 0) is 24.3 Å². The molecule has 24 heavy (non-hydrogen) atoms. The minimum absolute atomic E-state index is 0.171. The Morgan fingerprint density at radius 1 is 1.17 bits per heavy atom. The molecular formula is C16H9Cl2N3O2S. The summed E-state index contributed by atoms with van der Waals surface area (Å²) in [4.78, 5) is 17.4. The molecule has 0 N–H and O–H groups in total. The quantitative estimate of drug-likeness (QED) is 0.537. The number of aromatic nitrogens is 3. The van der Waals surface area contributed by atoms with Crippen molar-refractivity contribution in [2.24, 2.45) is 0 Å². The van der Waals surface area contributed by atoms with E-state index in [-0.39, 0.29) is 12.2 Å². The Morgan fingerprint density at radius 2 is 2.00 bits per heavy atom. The van der Waals surface area contributed by atoms with E-state index in [0.717, 1.165) is 0 Å². The van der Waals surface area contributed by atoms with E-state index in [1.165, 1.54) is 15.9 Å². The fourth-order valence-electron chi connectivity index (χ4n) is 2.28. The number of hydrogen-bond acceptors (Lipinski definition) is 5. The van der Waals surface area contributed by atoms with Crippen LogP contribution in [0.3, 0.4) is 0 Å². The number of nitrogens with zero attached hydrogens (tertiary/aromatic N) is 3. The van der Waals surface area contributed by atoms with Crippen LogP contribution in [-0.4, -0.2) is 14.6 Å².